The number of rotatable bonds is 3. The largest absolute Gasteiger partial charge is 0.301 e. The van der Waals surface area contributed by atoms with Crippen molar-refractivity contribution in [2.45, 2.75) is 23.8 Å². The Bertz CT molecular complexity index is 852. The van der Waals surface area contributed by atoms with Crippen LogP contribution in [0.25, 0.3) is 0 Å². The summed E-state index contributed by atoms with van der Waals surface area (Å²) in [7, 11) is 0. The topological polar surface area (TPSA) is 57.7 Å². The van der Waals surface area contributed by atoms with Crippen molar-refractivity contribution in [2.75, 3.05) is 17.2 Å². The zero-order chi connectivity index (χ0) is 18.1. The highest BCUT2D eigenvalue weighted by molar-refractivity contribution is 7.99. The number of hydrogen-bond donors (Lipinski definition) is 0. The summed E-state index contributed by atoms with van der Waals surface area (Å²) >= 11 is 1.72. The van der Waals surface area contributed by atoms with Crippen LogP contribution in [0.2, 0.25) is 0 Å². The van der Waals surface area contributed by atoms with Crippen LogP contribution in [0.15, 0.2) is 59.5 Å². The van der Waals surface area contributed by atoms with E-state index in [4.69, 9.17) is 0 Å². The summed E-state index contributed by atoms with van der Waals surface area (Å²) in [5.41, 5.74) is 1.88. The fourth-order valence-corrected chi connectivity index (χ4v) is 4.60. The van der Waals surface area contributed by atoms with Crippen molar-refractivity contribution in [1.82, 2.24) is 4.90 Å². The molecule has 2 aromatic rings. The third-order valence-corrected chi connectivity index (χ3v) is 5.87. The van der Waals surface area contributed by atoms with Gasteiger partial charge in [-0.25, -0.2) is 0 Å². The third kappa shape index (κ3) is 3.01. The van der Waals surface area contributed by atoms with Gasteiger partial charge in [0, 0.05) is 23.5 Å². The Hall–Kier alpha value is -2.60. The summed E-state index contributed by atoms with van der Waals surface area (Å²) in [6.07, 6.45) is 0.390. The fraction of sp³-hybridized carbons (Fsp3) is 0.250. The van der Waals surface area contributed by atoms with Gasteiger partial charge in [-0.3, -0.25) is 19.3 Å². The zero-order valence-electron chi connectivity index (χ0n) is 14.1. The average molecular weight is 366 g/mol. The number of thioether (sulfide) groups is 1. The molecule has 2 aliphatic heterocycles. The first-order valence-corrected chi connectivity index (χ1v) is 9.56. The standard InChI is InChI=1S/C20H18N2O3S/c23-18-10-11-19(24)21(18)12-20(25)22-15-8-4-5-9-17(15)26-13-16(22)14-6-2-1-3-7-14/h1-9,16H,10-13H2/t16-/m1/s1. The van der Waals surface area contributed by atoms with Gasteiger partial charge in [-0.05, 0) is 17.7 Å². The molecule has 5 nitrogen and oxygen atoms in total. The van der Waals surface area contributed by atoms with Crippen molar-refractivity contribution in [1.29, 1.82) is 0 Å². The maximum atomic E-state index is 13.2. The van der Waals surface area contributed by atoms with Crippen molar-refractivity contribution in [2.24, 2.45) is 0 Å². The lowest BCUT2D eigenvalue weighted by Gasteiger charge is -2.37. The number of imide groups is 1. The molecule has 0 N–H and O–H groups in total. The van der Waals surface area contributed by atoms with Crippen molar-refractivity contribution in [3.05, 3.63) is 60.2 Å². The lowest BCUT2D eigenvalue weighted by Crippen LogP contribution is -2.46. The number of carbonyl (C=O) groups is 3. The second-order valence-electron chi connectivity index (χ2n) is 6.34. The van der Waals surface area contributed by atoms with E-state index in [-0.39, 0.29) is 43.1 Å². The van der Waals surface area contributed by atoms with Crippen molar-refractivity contribution >= 4 is 35.2 Å². The molecule has 1 saturated heterocycles. The van der Waals surface area contributed by atoms with Gasteiger partial charge in [0.15, 0.2) is 0 Å². The van der Waals surface area contributed by atoms with E-state index in [9.17, 15) is 14.4 Å². The van der Waals surface area contributed by atoms with Gasteiger partial charge >= 0.3 is 0 Å². The Morgan fingerprint density at radius 3 is 2.35 bits per heavy atom. The van der Waals surface area contributed by atoms with Gasteiger partial charge < -0.3 is 4.90 Å². The van der Waals surface area contributed by atoms with E-state index in [1.165, 1.54) is 0 Å². The Kier molecular flexibility index (Phi) is 4.51. The van der Waals surface area contributed by atoms with Gasteiger partial charge in [0.25, 0.3) is 0 Å². The maximum absolute atomic E-state index is 13.2. The Labute approximate surface area is 156 Å². The smallest absolute Gasteiger partial charge is 0.247 e. The fourth-order valence-electron chi connectivity index (χ4n) is 3.43. The van der Waals surface area contributed by atoms with E-state index in [0.717, 1.165) is 26.8 Å². The van der Waals surface area contributed by atoms with E-state index < -0.39 is 0 Å². The van der Waals surface area contributed by atoms with Gasteiger partial charge in [0.1, 0.15) is 6.54 Å². The van der Waals surface area contributed by atoms with Crippen molar-refractivity contribution in [3.8, 4) is 0 Å². The number of nitrogens with zero attached hydrogens (tertiary/aromatic N) is 2. The van der Waals surface area contributed by atoms with Crippen LogP contribution in [-0.4, -0.2) is 34.9 Å². The molecule has 0 aliphatic carbocycles. The van der Waals surface area contributed by atoms with Crippen molar-refractivity contribution in [3.63, 3.8) is 0 Å². The van der Waals surface area contributed by atoms with Crippen LogP contribution in [0, 0.1) is 0 Å². The van der Waals surface area contributed by atoms with Crippen LogP contribution in [-0.2, 0) is 14.4 Å². The van der Waals surface area contributed by atoms with Gasteiger partial charge in [0.05, 0.1) is 11.7 Å². The molecule has 0 radical (unpaired) electrons. The molecule has 0 aromatic heterocycles. The molecule has 132 valence electrons. The van der Waals surface area contributed by atoms with Crippen LogP contribution >= 0.6 is 11.8 Å². The summed E-state index contributed by atoms with van der Waals surface area (Å²) < 4.78 is 0. The van der Waals surface area contributed by atoms with Crippen LogP contribution in [0.3, 0.4) is 0 Å². The summed E-state index contributed by atoms with van der Waals surface area (Å²) in [4.78, 5) is 40.9. The number of benzene rings is 2. The number of hydrogen-bond acceptors (Lipinski definition) is 4. The number of likely N-dealkylation sites (tertiary alicyclic amines) is 1. The Balaban J connectivity index is 1.69. The lowest BCUT2D eigenvalue weighted by molar-refractivity contribution is -0.141. The van der Waals surface area contributed by atoms with Gasteiger partial charge in [-0.15, -0.1) is 11.8 Å². The maximum Gasteiger partial charge on any atom is 0.247 e. The molecule has 26 heavy (non-hydrogen) atoms. The molecular weight excluding hydrogens is 348 g/mol. The molecule has 2 heterocycles. The highest BCUT2D eigenvalue weighted by atomic mass is 32.2. The minimum absolute atomic E-state index is 0.128. The zero-order valence-corrected chi connectivity index (χ0v) is 14.9. The van der Waals surface area contributed by atoms with Crippen LogP contribution in [0.5, 0.6) is 0 Å². The molecule has 1 atom stereocenters. The molecule has 2 aliphatic rings. The summed E-state index contributed by atoms with van der Waals surface area (Å²) in [5.74, 6) is -0.0250. The lowest BCUT2D eigenvalue weighted by atomic mass is 10.1. The van der Waals surface area contributed by atoms with E-state index in [0.29, 0.717) is 0 Å². The van der Waals surface area contributed by atoms with E-state index >= 15 is 0 Å². The molecule has 6 heteroatoms. The second-order valence-corrected chi connectivity index (χ2v) is 7.40. The third-order valence-electron chi connectivity index (χ3n) is 4.73. The molecule has 4 rings (SSSR count). The molecule has 0 bridgehead atoms. The highest BCUT2D eigenvalue weighted by Gasteiger charge is 2.36. The van der Waals surface area contributed by atoms with Crippen LogP contribution in [0.4, 0.5) is 5.69 Å². The van der Waals surface area contributed by atoms with Crippen LogP contribution < -0.4 is 4.90 Å². The first kappa shape index (κ1) is 16.8. The summed E-state index contributed by atoms with van der Waals surface area (Å²) in [6, 6.07) is 17.5. The van der Waals surface area contributed by atoms with Gasteiger partial charge in [0.2, 0.25) is 17.7 Å². The first-order valence-electron chi connectivity index (χ1n) is 8.57. The first-order chi connectivity index (χ1) is 12.6. The molecule has 0 saturated carbocycles. The number of anilines is 1. The molecule has 0 spiro atoms. The Morgan fingerprint density at radius 2 is 1.62 bits per heavy atom. The predicted octanol–water partition coefficient (Wildman–Crippen LogP) is 3.02. The molecule has 0 unspecified atom stereocenters. The number of fused-ring (bicyclic) bond motifs is 1. The highest BCUT2D eigenvalue weighted by Crippen LogP contribution is 2.43. The normalized spacial score (nSPS) is 19.6. The average Bonchev–Trinajstić information content (AvgIpc) is 2.99. The minimum atomic E-state index is -0.265. The van der Waals surface area contributed by atoms with Gasteiger partial charge in [-0.1, -0.05) is 42.5 Å². The number of amides is 3. The van der Waals surface area contributed by atoms with E-state index in [2.05, 4.69) is 0 Å². The van der Waals surface area contributed by atoms with Crippen molar-refractivity contribution < 1.29 is 14.4 Å². The number of para-hydroxylation sites is 1. The number of carbonyl (C=O) groups excluding carboxylic acids is 3. The van der Waals surface area contributed by atoms with E-state index in [1.54, 1.807) is 16.7 Å². The van der Waals surface area contributed by atoms with E-state index in [1.807, 2.05) is 54.6 Å². The van der Waals surface area contributed by atoms with Crippen LogP contribution in [0.1, 0.15) is 24.4 Å². The monoisotopic (exact) mass is 366 g/mol. The molecule has 3 amide bonds. The summed E-state index contributed by atoms with van der Waals surface area (Å²) in [6.45, 7) is -0.194. The van der Waals surface area contributed by atoms with Gasteiger partial charge in [-0.2, -0.15) is 0 Å². The SMILES string of the molecule is O=C1CCC(=O)N1CC(=O)N1c2ccccc2SC[C@@H]1c1ccccc1. The Morgan fingerprint density at radius 1 is 0.962 bits per heavy atom. The molecular formula is C20H18N2O3S. The quantitative estimate of drug-likeness (QED) is 0.784. The molecule has 2 aromatic carbocycles. The second kappa shape index (κ2) is 6.96. The minimum Gasteiger partial charge on any atom is -0.301 e. The predicted molar refractivity (Wildman–Crippen MR) is 99.8 cm³/mol. The summed E-state index contributed by atoms with van der Waals surface area (Å²) in [5, 5.41) is 0. The molecule has 1 fully saturated rings.